The summed E-state index contributed by atoms with van der Waals surface area (Å²) in [5.41, 5.74) is 9.21. The lowest BCUT2D eigenvalue weighted by Crippen LogP contribution is -2.46. The molecule has 0 aliphatic carbocycles. The molecule has 0 spiro atoms. The van der Waals surface area contributed by atoms with Gasteiger partial charge in [0.15, 0.2) is 5.82 Å². The van der Waals surface area contributed by atoms with Gasteiger partial charge in [0.05, 0.1) is 13.1 Å². The number of hydrogen-bond acceptors (Lipinski definition) is 7. The van der Waals surface area contributed by atoms with Gasteiger partial charge in [-0.05, 0) is 71.1 Å². The average molecular weight is 423 g/mol. The fraction of sp³-hybridized carbons (Fsp3) is 0.455. The Balaban J connectivity index is 1.24. The number of piperidine rings is 1. The number of nitrogens with one attached hydrogen (secondary N) is 2. The van der Waals surface area contributed by atoms with Crippen molar-refractivity contribution in [3.63, 3.8) is 0 Å². The van der Waals surface area contributed by atoms with Gasteiger partial charge in [0.2, 0.25) is 0 Å². The summed E-state index contributed by atoms with van der Waals surface area (Å²) in [6.45, 7) is 4.23. The normalized spacial score (nSPS) is 24.5. The number of rotatable bonds is 6. The molecule has 2 saturated heterocycles. The highest BCUT2D eigenvalue weighted by Gasteiger charge is 2.36. The smallest absolute Gasteiger partial charge is 0.165 e. The zero-order valence-corrected chi connectivity index (χ0v) is 17.4. The fourth-order valence-corrected chi connectivity index (χ4v) is 4.85. The van der Waals surface area contributed by atoms with Crippen LogP contribution in [-0.4, -0.2) is 55.8 Å². The van der Waals surface area contributed by atoms with E-state index in [1.807, 2.05) is 17.1 Å². The quantitative estimate of drug-likeness (QED) is 0.626. The van der Waals surface area contributed by atoms with Crippen LogP contribution in [0.15, 0.2) is 48.8 Å². The molecule has 162 valence electrons. The maximum absolute atomic E-state index is 13.2. The molecule has 3 atom stereocenters. The molecule has 9 heteroatoms. The molecule has 2 N–H and O–H groups in total. The monoisotopic (exact) mass is 422 g/mol. The predicted molar refractivity (Wildman–Crippen MR) is 113 cm³/mol. The number of halogens is 1. The number of tetrazole rings is 1. The van der Waals surface area contributed by atoms with E-state index >= 15 is 0 Å². The Morgan fingerprint density at radius 1 is 1.06 bits per heavy atom. The van der Waals surface area contributed by atoms with E-state index < -0.39 is 0 Å². The highest BCUT2D eigenvalue weighted by molar-refractivity contribution is 5.21. The van der Waals surface area contributed by atoms with Gasteiger partial charge in [0.25, 0.3) is 0 Å². The van der Waals surface area contributed by atoms with Gasteiger partial charge in [-0.2, -0.15) is 0 Å². The van der Waals surface area contributed by atoms with Crippen molar-refractivity contribution in [2.24, 2.45) is 5.92 Å². The van der Waals surface area contributed by atoms with Gasteiger partial charge in [-0.15, -0.1) is 5.10 Å². The number of benzene rings is 1. The molecule has 2 aromatic heterocycles. The molecular formula is C22H27FN8. The first kappa shape index (κ1) is 20.2. The summed E-state index contributed by atoms with van der Waals surface area (Å²) in [7, 11) is 0. The topological polar surface area (TPSA) is 83.8 Å². The summed E-state index contributed by atoms with van der Waals surface area (Å²) in [5.74, 6) is 1.59. The molecular weight excluding hydrogens is 395 g/mol. The summed E-state index contributed by atoms with van der Waals surface area (Å²) in [5, 5.41) is 12.3. The van der Waals surface area contributed by atoms with Gasteiger partial charge in [-0.25, -0.2) is 9.07 Å². The first-order chi connectivity index (χ1) is 15.3. The molecule has 2 aliphatic rings. The maximum Gasteiger partial charge on any atom is 0.165 e. The molecule has 3 unspecified atom stereocenters. The van der Waals surface area contributed by atoms with Gasteiger partial charge in [-0.1, -0.05) is 12.1 Å². The molecule has 2 aliphatic heterocycles. The molecule has 1 aromatic carbocycles. The summed E-state index contributed by atoms with van der Waals surface area (Å²) >= 11 is 0. The Kier molecular flexibility index (Phi) is 5.97. The summed E-state index contributed by atoms with van der Waals surface area (Å²) in [6, 6.07) is 11.1. The summed E-state index contributed by atoms with van der Waals surface area (Å²) in [6.07, 6.45) is 6.11. The number of aromatic nitrogens is 5. The fourth-order valence-electron chi connectivity index (χ4n) is 4.85. The van der Waals surface area contributed by atoms with E-state index in [4.69, 9.17) is 0 Å². The third-order valence-electron chi connectivity index (χ3n) is 6.42. The van der Waals surface area contributed by atoms with Crippen molar-refractivity contribution in [2.75, 3.05) is 19.6 Å². The lowest BCUT2D eigenvalue weighted by molar-refractivity contribution is 0.135. The minimum absolute atomic E-state index is 0.236. The minimum Gasteiger partial charge on any atom is -0.296 e. The lowest BCUT2D eigenvalue weighted by atomic mass is 9.81. The van der Waals surface area contributed by atoms with Crippen LogP contribution in [0.2, 0.25) is 0 Å². The highest BCUT2D eigenvalue weighted by atomic mass is 19.1. The number of hydrogen-bond donors (Lipinski definition) is 2. The van der Waals surface area contributed by atoms with Crippen LogP contribution < -0.4 is 10.9 Å². The SMILES string of the molecule is Fc1ccc(Cn2nnnc2CN2CCCC(C3NNCC3c3ccncc3)C2)cc1. The van der Waals surface area contributed by atoms with Crippen molar-refractivity contribution >= 4 is 0 Å². The largest absolute Gasteiger partial charge is 0.296 e. The number of nitrogens with zero attached hydrogens (tertiary/aromatic N) is 6. The second-order valence-electron chi connectivity index (χ2n) is 8.45. The maximum atomic E-state index is 13.2. The highest BCUT2D eigenvalue weighted by Crippen LogP contribution is 2.31. The molecule has 8 nitrogen and oxygen atoms in total. The number of pyridine rings is 1. The van der Waals surface area contributed by atoms with Crippen molar-refractivity contribution in [3.8, 4) is 0 Å². The second kappa shape index (κ2) is 9.17. The minimum atomic E-state index is -0.236. The Hall–Kier alpha value is -2.75. The summed E-state index contributed by atoms with van der Waals surface area (Å²) < 4.78 is 15.0. The van der Waals surface area contributed by atoms with Crippen LogP contribution in [0.4, 0.5) is 4.39 Å². The van der Waals surface area contributed by atoms with Crippen LogP contribution in [0.1, 0.15) is 35.7 Å². The van der Waals surface area contributed by atoms with Crippen molar-refractivity contribution in [3.05, 3.63) is 71.6 Å². The number of likely N-dealkylation sites (tertiary alicyclic amines) is 1. The third-order valence-corrected chi connectivity index (χ3v) is 6.42. The molecule has 0 amide bonds. The Labute approximate surface area is 180 Å². The van der Waals surface area contributed by atoms with E-state index in [1.165, 1.54) is 24.1 Å². The molecule has 0 radical (unpaired) electrons. The summed E-state index contributed by atoms with van der Waals surface area (Å²) in [4.78, 5) is 6.61. The van der Waals surface area contributed by atoms with E-state index in [-0.39, 0.29) is 5.82 Å². The molecule has 0 saturated carbocycles. The molecule has 31 heavy (non-hydrogen) atoms. The molecule has 0 bridgehead atoms. The van der Waals surface area contributed by atoms with Gasteiger partial charge >= 0.3 is 0 Å². The molecule has 5 rings (SSSR count). The van der Waals surface area contributed by atoms with Crippen molar-refractivity contribution < 1.29 is 4.39 Å². The van der Waals surface area contributed by atoms with Crippen LogP contribution in [-0.2, 0) is 13.1 Å². The zero-order valence-electron chi connectivity index (χ0n) is 17.4. The van der Waals surface area contributed by atoms with Gasteiger partial charge < -0.3 is 0 Å². The molecule has 2 fully saturated rings. The van der Waals surface area contributed by atoms with Crippen molar-refractivity contribution in [1.82, 2.24) is 40.9 Å². The second-order valence-corrected chi connectivity index (χ2v) is 8.45. The average Bonchev–Trinajstić information content (AvgIpc) is 3.46. The first-order valence-corrected chi connectivity index (χ1v) is 10.9. The van der Waals surface area contributed by atoms with Crippen LogP contribution in [0.25, 0.3) is 0 Å². The Morgan fingerprint density at radius 2 is 1.90 bits per heavy atom. The lowest BCUT2D eigenvalue weighted by Gasteiger charge is -2.37. The molecule has 4 heterocycles. The van der Waals surface area contributed by atoms with E-state index in [9.17, 15) is 4.39 Å². The van der Waals surface area contributed by atoms with Gasteiger partial charge in [0, 0.05) is 37.4 Å². The van der Waals surface area contributed by atoms with Crippen LogP contribution in [0.5, 0.6) is 0 Å². The van der Waals surface area contributed by atoms with Gasteiger partial charge in [0.1, 0.15) is 5.82 Å². The first-order valence-electron chi connectivity index (χ1n) is 10.9. The van der Waals surface area contributed by atoms with E-state index in [1.54, 1.807) is 12.1 Å². The van der Waals surface area contributed by atoms with Crippen molar-refractivity contribution in [1.29, 1.82) is 0 Å². The van der Waals surface area contributed by atoms with Crippen molar-refractivity contribution in [2.45, 2.75) is 37.9 Å². The number of hydrazine groups is 1. The van der Waals surface area contributed by atoms with Crippen LogP contribution in [0, 0.1) is 11.7 Å². The third kappa shape index (κ3) is 4.63. The standard InChI is InChI=1S/C22H27FN8/c23-19-5-3-16(4-6-19)13-31-21(26-28-29-31)15-30-11-1-2-18(14-30)22-20(12-25-27-22)17-7-9-24-10-8-17/h3-10,18,20,22,25,27H,1-2,11-15H2. The van der Waals surface area contributed by atoms with E-state index in [0.717, 1.165) is 37.4 Å². The van der Waals surface area contributed by atoms with Crippen LogP contribution in [0.3, 0.4) is 0 Å². The zero-order chi connectivity index (χ0) is 21.0. The Bertz CT molecular complexity index is 977. The molecule has 3 aromatic rings. The van der Waals surface area contributed by atoms with Crippen LogP contribution >= 0.6 is 0 Å². The Morgan fingerprint density at radius 3 is 2.74 bits per heavy atom. The van der Waals surface area contributed by atoms with E-state index in [2.05, 4.69) is 48.4 Å². The predicted octanol–water partition coefficient (Wildman–Crippen LogP) is 1.73. The van der Waals surface area contributed by atoms with Gasteiger partial charge in [-0.3, -0.25) is 20.7 Å². The van der Waals surface area contributed by atoms with E-state index in [0.29, 0.717) is 31.0 Å².